The summed E-state index contributed by atoms with van der Waals surface area (Å²) in [5.74, 6) is -0.102. The number of nitrogens with two attached hydrogens (primary N) is 1. The van der Waals surface area contributed by atoms with Crippen LogP contribution < -0.4 is 11.1 Å². The maximum Gasteiger partial charge on any atom is 0.227 e. The highest BCUT2D eigenvalue weighted by atomic mass is 16.5. The molecule has 0 aromatic rings. The average Bonchev–Trinajstić information content (AvgIpc) is 2.16. The second-order valence-electron chi connectivity index (χ2n) is 5.50. The minimum atomic E-state index is -0.654. The van der Waals surface area contributed by atoms with Crippen molar-refractivity contribution in [3.63, 3.8) is 0 Å². The first-order valence-corrected chi connectivity index (χ1v) is 5.87. The average molecular weight is 246 g/mol. The van der Waals surface area contributed by atoms with Gasteiger partial charge in [-0.3, -0.25) is 4.79 Å². The van der Waals surface area contributed by atoms with Crippen LogP contribution in [0.3, 0.4) is 0 Å². The number of amides is 1. The summed E-state index contributed by atoms with van der Waals surface area (Å²) in [6.07, 6.45) is -0.0741. The number of methoxy groups -OCH3 is 1. The predicted octanol–water partition coefficient (Wildman–Crippen LogP) is 0.264. The molecule has 0 bridgehead atoms. The zero-order valence-electron chi connectivity index (χ0n) is 11.5. The Balaban J connectivity index is 4.11. The lowest BCUT2D eigenvalue weighted by molar-refractivity contribution is -0.132. The molecule has 0 rings (SSSR count). The molecule has 0 aliphatic rings. The summed E-state index contributed by atoms with van der Waals surface area (Å²) in [4.78, 5) is 11.9. The second-order valence-corrected chi connectivity index (χ2v) is 5.50. The minimum absolute atomic E-state index is 0.102. The molecule has 1 atom stereocenters. The Hall–Kier alpha value is -0.650. The van der Waals surface area contributed by atoms with E-state index in [1.165, 1.54) is 7.11 Å². The molecule has 0 saturated heterocycles. The fraction of sp³-hybridized carbons (Fsp3) is 0.917. The van der Waals surface area contributed by atoms with E-state index in [0.717, 1.165) is 0 Å². The van der Waals surface area contributed by atoms with Gasteiger partial charge in [0.15, 0.2) is 0 Å². The topological polar surface area (TPSA) is 84.6 Å². The van der Waals surface area contributed by atoms with E-state index in [9.17, 15) is 9.90 Å². The van der Waals surface area contributed by atoms with Crippen molar-refractivity contribution in [2.75, 3.05) is 20.3 Å². The lowest BCUT2D eigenvalue weighted by Crippen LogP contribution is -2.55. The third-order valence-corrected chi connectivity index (χ3v) is 3.30. The molecular formula is C12H26N2O3. The number of hydrogen-bond donors (Lipinski definition) is 3. The number of carbonyl (C=O) groups is 1. The lowest BCUT2D eigenvalue weighted by atomic mass is 9.74. The van der Waals surface area contributed by atoms with Crippen LogP contribution in [0.2, 0.25) is 0 Å². The summed E-state index contributed by atoms with van der Waals surface area (Å²) in [5, 5.41) is 12.2. The van der Waals surface area contributed by atoms with Gasteiger partial charge in [-0.05, 0) is 34.1 Å². The van der Waals surface area contributed by atoms with E-state index in [4.69, 9.17) is 10.5 Å². The van der Waals surface area contributed by atoms with Gasteiger partial charge in [0.1, 0.15) is 0 Å². The first kappa shape index (κ1) is 16.4. The first-order valence-electron chi connectivity index (χ1n) is 5.87. The molecule has 0 saturated carbocycles. The third kappa shape index (κ3) is 5.02. The number of aliphatic hydroxyl groups is 1. The SMILES string of the molecule is COCC(O)CCNC(=O)C(C)(C)C(C)(C)N. The second kappa shape index (κ2) is 6.33. The van der Waals surface area contributed by atoms with Crippen molar-refractivity contribution < 1.29 is 14.6 Å². The molecule has 5 nitrogen and oxygen atoms in total. The quantitative estimate of drug-likeness (QED) is 0.602. The number of carbonyl (C=O) groups excluding carboxylic acids is 1. The van der Waals surface area contributed by atoms with Crippen LogP contribution in [0, 0.1) is 5.41 Å². The largest absolute Gasteiger partial charge is 0.391 e. The van der Waals surface area contributed by atoms with Gasteiger partial charge in [-0.2, -0.15) is 0 Å². The number of nitrogens with one attached hydrogen (secondary N) is 1. The fourth-order valence-corrected chi connectivity index (χ4v) is 1.14. The molecule has 5 heteroatoms. The summed E-state index contributed by atoms with van der Waals surface area (Å²) in [7, 11) is 1.53. The van der Waals surface area contributed by atoms with Gasteiger partial charge < -0.3 is 20.9 Å². The zero-order valence-corrected chi connectivity index (χ0v) is 11.5. The summed E-state index contributed by atoms with van der Waals surface area (Å²) in [6, 6.07) is 0. The van der Waals surface area contributed by atoms with Crippen LogP contribution in [0.25, 0.3) is 0 Å². The van der Waals surface area contributed by atoms with Crippen LogP contribution >= 0.6 is 0 Å². The Bertz CT molecular complexity index is 247. The van der Waals surface area contributed by atoms with Gasteiger partial charge in [-0.25, -0.2) is 0 Å². The maximum absolute atomic E-state index is 11.9. The van der Waals surface area contributed by atoms with E-state index in [1.807, 2.05) is 27.7 Å². The normalized spacial score (nSPS) is 14.5. The first-order chi connectivity index (χ1) is 7.63. The van der Waals surface area contributed by atoms with Crippen molar-refractivity contribution in [2.24, 2.45) is 11.1 Å². The van der Waals surface area contributed by atoms with Crippen LogP contribution in [0.1, 0.15) is 34.1 Å². The van der Waals surface area contributed by atoms with E-state index in [-0.39, 0.29) is 12.5 Å². The molecule has 0 aromatic heterocycles. The van der Waals surface area contributed by atoms with Gasteiger partial charge in [-0.1, -0.05) is 0 Å². The lowest BCUT2D eigenvalue weighted by Gasteiger charge is -2.36. The molecule has 0 aliphatic heterocycles. The van der Waals surface area contributed by atoms with Gasteiger partial charge >= 0.3 is 0 Å². The molecule has 1 unspecified atom stereocenters. The standard InChI is InChI=1S/C12H26N2O3/c1-11(2,12(3,4)13)10(16)14-7-6-9(15)8-17-5/h9,15H,6-8,13H2,1-5H3,(H,14,16). The van der Waals surface area contributed by atoms with Gasteiger partial charge in [0, 0.05) is 19.2 Å². The number of hydrogen-bond acceptors (Lipinski definition) is 4. The summed E-state index contributed by atoms with van der Waals surface area (Å²) in [5.41, 5.74) is 4.71. The molecule has 1 amide bonds. The monoisotopic (exact) mass is 246 g/mol. The Kier molecular flexibility index (Phi) is 6.09. The van der Waals surface area contributed by atoms with Crippen molar-refractivity contribution in [2.45, 2.75) is 45.8 Å². The molecule has 102 valence electrons. The predicted molar refractivity (Wildman–Crippen MR) is 67.6 cm³/mol. The van der Waals surface area contributed by atoms with Crippen molar-refractivity contribution in [3.8, 4) is 0 Å². The van der Waals surface area contributed by atoms with Crippen molar-refractivity contribution in [1.82, 2.24) is 5.32 Å². The number of aliphatic hydroxyl groups excluding tert-OH is 1. The number of ether oxygens (including phenoxy) is 1. The van der Waals surface area contributed by atoms with E-state index in [0.29, 0.717) is 13.0 Å². The van der Waals surface area contributed by atoms with Gasteiger partial charge in [0.25, 0.3) is 0 Å². The van der Waals surface area contributed by atoms with Crippen LogP contribution in [0.5, 0.6) is 0 Å². The molecule has 4 N–H and O–H groups in total. The molecule has 0 radical (unpaired) electrons. The molecule has 0 heterocycles. The van der Waals surface area contributed by atoms with Gasteiger partial charge in [0.05, 0.1) is 18.1 Å². The van der Waals surface area contributed by atoms with Gasteiger partial charge in [-0.15, -0.1) is 0 Å². The van der Waals surface area contributed by atoms with Crippen LogP contribution in [-0.4, -0.2) is 42.9 Å². The van der Waals surface area contributed by atoms with Gasteiger partial charge in [0.2, 0.25) is 5.91 Å². The highest BCUT2D eigenvalue weighted by molar-refractivity contribution is 5.83. The Labute approximate surface area is 104 Å². The Morgan fingerprint density at radius 2 is 1.94 bits per heavy atom. The van der Waals surface area contributed by atoms with E-state index in [2.05, 4.69) is 5.32 Å². The fourth-order valence-electron chi connectivity index (χ4n) is 1.14. The third-order valence-electron chi connectivity index (χ3n) is 3.30. The van der Waals surface area contributed by atoms with Crippen molar-refractivity contribution in [1.29, 1.82) is 0 Å². The molecule has 0 aliphatic carbocycles. The molecule has 0 spiro atoms. The van der Waals surface area contributed by atoms with E-state index in [1.54, 1.807) is 0 Å². The van der Waals surface area contributed by atoms with Crippen molar-refractivity contribution >= 4 is 5.91 Å². The maximum atomic E-state index is 11.9. The number of rotatable bonds is 7. The highest BCUT2D eigenvalue weighted by Crippen LogP contribution is 2.28. The minimum Gasteiger partial charge on any atom is -0.391 e. The Morgan fingerprint density at radius 3 is 2.35 bits per heavy atom. The molecule has 0 aromatic carbocycles. The smallest absolute Gasteiger partial charge is 0.227 e. The van der Waals surface area contributed by atoms with Crippen molar-refractivity contribution in [3.05, 3.63) is 0 Å². The molecule has 0 fully saturated rings. The molecular weight excluding hydrogens is 220 g/mol. The Morgan fingerprint density at radius 1 is 1.41 bits per heavy atom. The summed E-state index contributed by atoms with van der Waals surface area (Å²) < 4.78 is 4.80. The van der Waals surface area contributed by atoms with Crippen LogP contribution in [-0.2, 0) is 9.53 Å². The summed E-state index contributed by atoms with van der Waals surface area (Å²) in [6.45, 7) is 7.98. The van der Waals surface area contributed by atoms with E-state index >= 15 is 0 Å². The zero-order chi connectivity index (χ0) is 13.7. The van der Waals surface area contributed by atoms with Crippen LogP contribution in [0.4, 0.5) is 0 Å². The summed E-state index contributed by atoms with van der Waals surface area (Å²) >= 11 is 0. The molecule has 17 heavy (non-hydrogen) atoms. The highest BCUT2D eigenvalue weighted by Gasteiger charge is 2.40. The van der Waals surface area contributed by atoms with E-state index < -0.39 is 17.1 Å². The van der Waals surface area contributed by atoms with Crippen LogP contribution in [0.15, 0.2) is 0 Å².